The lowest BCUT2D eigenvalue weighted by molar-refractivity contribution is 0.0697. The number of hydrogen-bond acceptors (Lipinski definition) is 6. The molecule has 0 amide bonds. The van der Waals surface area contributed by atoms with Crippen LogP contribution >= 0.6 is 0 Å². The molecule has 25 heavy (non-hydrogen) atoms. The molecule has 0 aliphatic rings. The summed E-state index contributed by atoms with van der Waals surface area (Å²) in [6.07, 6.45) is 1.30. The van der Waals surface area contributed by atoms with Crippen LogP contribution in [0.5, 0.6) is 0 Å². The van der Waals surface area contributed by atoms with E-state index in [1.54, 1.807) is 36.4 Å². The number of nitrogens with two attached hydrogens (primary N) is 1. The van der Waals surface area contributed by atoms with E-state index in [4.69, 9.17) is 31.0 Å². The Morgan fingerprint density at radius 3 is 2.44 bits per heavy atom. The van der Waals surface area contributed by atoms with Crippen molar-refractivity contribution in [2.45, 2.75) is 0 Å². The second kappa shape index (κ2) is 7.32. The molecule has 0 saturated carbocycles. The molecule has 1 aromatic carbocycles. The predicted octanol–water partition coefficient (Wildman–Crippen LogP) is 2.81. The number of hydrogen-bond donors (Lipinski definition) is 2. The summed E-state index contributed by atoms with van der Waals surface area (Å²) in [5, 5.41) is 35.8. The molecule has 0 unspecified atom stereocenters. The number of nitrogens with zero attached hydrogens (tertiary/aromatic N) is 3. The molecule has 120 valence electrons. The topological polar surface area (TPSA) is 148 Å². The Hall–Kier alpha value is -4.28. The van der Waals surface area contributed by atoms with Crippen molar-refractivity contribution in [3.8, 4) is 29.5 Å². The number of furan rings is 1. The molecule has 7 heteroatoms. The highest BCUT2D eigenvalue weighted by Gasteiger charge is 2.11. The molecule has 7 nitrogen and oxygen atoms in total. The number of aromatic carboxylic acids is 1. The van der Waals surface area contributed by atoms with Crippen LogP contribution in [-0.2, 0) is 0 Å². The Labute approximate surface area is 142 Å². The van der Waals surface area contributed by atoms with Crippen molar-refractivity contribution >= 4 is 12.0 Å². The molecular weight excluding hydrogens is 320 g/mol. The molecule has 0 aliphatic carbocycles. The van der Waals surface area contributed by atoms with Crippen molar-refractivity contribution in [1.29, 1.82) is 15.8 Å². The second-order valence-corrected chi connectivity index (χ2v) is 4.77. The Morgan fingerprint density at radius 2 is 1.84 bits per heavy atom. The summed E-state index contributed by atoms with van der Waals surface area (Å²) in [5.41, 5.74) is 5.63. The summed E-state index contributed by atoms with van der Waals surface area (Å²) in [6, 6.07) is 14.4. The van der Waals surface area contributed by atoms with Gasteiger partial charge in [-0.2, -0.15) is 15.8 Å². The third-order valence-corrected chi connectivity index (χ3v) is 3.21. The molecule has 0 fully saturated rings. The maximum Gasteiger partial charge on any atom is 0.335 e. The first-order valence-corrected chi connectivity index (χ1v) is 6.85. The summed E-state index contributed by atoms with van der Waals surface area (Å²) in [5.74, 6) is -0.390. The van der Waals surface area contributed by atoms with E-state index in [0.717, 1.165) is 0 Å². The van der Waals surface area contributed by atoms with Crippen molar-refractivity contribution < 1.29 is 14.3 Å². The summed E-state index contributed by atoms with van der Waals surface area (Å²) < 4.78 is 5.57. The van der Waals surface area contributed by atoms with Crippen LogP contribution in [0, 0.1) is 34.0 Å². The Balaban J connectivity index is 2.42. The van der Waals surface area contributed by atoms with Gasteiger partial charge >= 0.3 is 5.97 Å². The summed E-state index contributed by atoms with van der Waals surface area (Å²) >= 11 is 0. The smallest absolute Gasteiger partial charge is 0.335 e. The van der Waals surface area contributed by atoms with Crippen molar-refractivity contribution in [3.63, 3.8) is 0 Å². The summed E-state index contributed by atoms with van der Waals surface area (Å²) in [4.78, 5) is 11.0. The zero-order valence-corrected chi connectivity index (χ0v) is 12.7. The van der Waals surface area contributed by atoms with Gasteiger partial charge in [0.25, 0.3) is 0 Å². The molecule has 0 radical (unpaired) electrons. The van der Waals surface area contributed by atoms with E-state index in [0.29, 0.717) is 11.3 Å². The number of carbonyl (C=O) groups is 1. The SMILES string of the molecule is N#CC(=Cc1ccc(-c2cccc(C(=O)O)c2)o1)C(N)=C(C#N)C#N. The van der Waals surface area contributed by atoms with E-state index in [1.807, 2.05) is 6.07 Å². The van der Waals surface area contributed by atoms with Crippen LogP contribution in [-0.4, -0.2) is 11.1 Å². The number of benzene rings is 1. The van der Waals surface area contributed by atoms with Gasteiger partial charge in [0.15, 0.2) is 5.57 Å². The van der Waals surface area contributed by atoms with E-state index < -0.39 is 5.97 Å². The van der Waals surface area contributed by atoms with E-state index >= 15 is 0 Å². The highest BCUT2D eigenvalue weighted by Crippen LogP contribution is 2.25. The molecule has 0 aliphatic heterocycles. The van der Waals surface area contributed by atoms with Gasteiger partial charge in [-0.15, -0.1) is 0 Å². The third-order valence-electron chi connectivity index (χ3n) is 3.21. The number of allylic oxidation sites excluding steroid dienone is 2. The van der Waals surface area contributed by atoms with Crippen LogP contribution in [0.1, 0.15) is 16.1 Å². The van der Waals surface area contributed by atoms with Gasteiger partial charge in [0.1, 0.15) is 29.7 Å². The largest absolute Gasteiger partial charge is 0.478 e. The van der Waals surface area contributed by atoms with E-state index in [1.165, 1.54) is 18.2 Å². The van der Waals surface area contributed by atoms with E-state index in [2.05, 4.69) is 0 Å². The molecule has 2 rings (SSSR count). The lowest BCUT2D eigenvalue weighted by Crippen LogP contribution is -2.03. The molecular formula is C18H10N4O3. The van der Waals surface area contributed by atoms with Crippen molar-refractivity contribution in [1.82, 2.24) is 0 Å². The molecule has 3 N–H and O–H groups in total. The van der Waals surface area contributed by atoms with Crippen molar-refractivity contribution in [2.24, 2.45) is 5.73 Å². The first kappa shape index (κ1) is 17.1. The fourth-order valence-corrected chi connectivity index (χ4v) is 1.98. The zero-order chi connectivity index (χ0) is 18.4. The fourth-order valence-electron chi connectivity index (χ4n) is 1.98. The first-order chi connectivity index (χ1) is 12.0. The quantitative estimate of drug-likeness (QED) is 0.646. The number of nitriles is 3. The molecule has 0 atom stereocenters. The van der Waals surface area contributed by atoms with E-state index in [-0.39, 0.29) is 28.2 Å². The highest BCUT2D eigenvalue weighted by molar-refractivity contribution is 5.89. The first-order valence-electron chi connectivity index (χ1n) is 6.85. The molecule has 1 aromatic heterocycles. The lowest BCUT2D eigenvalue weighted by Gasteiger charge is -2.00. The Morgan fingerprint density at radius 1 is 1.12 bits per heavy atom. The molecule has 2 aromatic rings. The fraction of sp³-hybridized carbons (Fsp3) is 0. The average Bonchev–Trinajstić information content (AvgIpc) is 3.09. The number of rotatable bonds is 4. The summed E-state index contributed by atoms with van der Waals surface area (Å²) in [6.45, 7) is 0. The van der Waals surface area contributed by atoms with Gasteiger partial charge in [0.2, 0.25) is 0 Å². The van der Waals surface area contributed by atoms with Gasteiger partial charge in [0, 0.05) is 11.6 Å². The summed E-state index contributed by atoms with van der Waals surface area (Å²) in [7, 11) is 0. The van der Waals surface area contributed by atoms with Crippen LogP contribution in [0.2, 0.25) is 0 Å². The molecule has 0 saturated heterocycles. The minimum Gasteiger partial charge on any atom is -0.478 e. The normalized spacial score (nSPS) is 10.2. The maximum absolute atomic E-state index is 11.0. The third kappa shape index (κ3) is 3.73. The van der Waals surface area contributed by atoms with Gasteiger partial charge in [-0.1, -0.05) is 12.1 Å². The Kier molecular flexibility index (Phi) is 5.00. The zero-order valence-electron chi connectivity index (χ0n) is 12.7. The van der Waals surface area contributed by atoms with Gasteiger partial charge in [0.05, 0.1) is 16.8 Å². The highest BCUT2D eigenvalue weighted by atomic mass is 16.4. The van der Waals surface area contributed by atoms with Crippen LogP contribution in [0.4, 0.5) is 0 Å². The monoisotopic (exact) mass is 330 g/mol. The van der Waals surface area contributed by atoms with Crippen molar-refractivity contribution in [3.05, 3.63) is 64.6 Å². The van der Waals surface area contributed by atoms with Crippen molar-refractivity contribution in [2.75, 3.05) is 0 Å². The number of carboxylic acids is 1. The number of carboxylic acid groups (broad SMARTS) is 1. The maximum atomic E-state index is 11.0. The van der Waals surface area contributed by atoms with Gasteiger partial charge in [-0.05, 0) is 24.3 Å². The van der Waals surface area contributed by atoms with Crippen LogP contribution in [0.3, 0.4) is 0 Å². The van der Waals surface area contributed by atoms with E-state index in [9.17, 15) is 4.79 Å². The average molecular weight is 330 g/mol. The second-order valence-electron chi connectivity index (χ2n) is 4.77. The minimum absolute atomic E-state index is 0.0849. The molecule has 0 bridgehead atoms. The van der Waals surface area contributed by atoms with Crippen LogP contribution in [0.25, 0.3) is 17.4 Å². The van der Waals surface area contributed by atoms with Crippen LogP contribution in [0.15, 0.2) is 57.7 Å². The standard InChI is InChI=1S/C18H10N4O3/c19-8-13(17(22)14(9-20)10-21)7-15-4-5-16(25-15)11-2-1-3-12(6-11)18(23)24/h1-7H,22H2,(H,23,24). The minimum atomic E-state index is -1.06. The molecule has 0 spiro atoms. The van der Waals surface area contributed by atoms with Crippen LogP contribution < -0.4 is 5.73 Å². The van der Waals surface area contributed by atoms with Gasteiger partial charge in [-0.3, -0.25) is 0 Å². The predicted molar refractivity (Wildman–Crippen MR) is 87.1 cm³/mol. The van der Waals surface area contributed by atoms with Gasteiger partial charge < -0.3 is 15.3 Å². The lowest BCUT2D eigenvalue weighted by atomic mass is 10.1. The molecule has 1 heterocycles. The van der Waals surface area contributed by atoms with Gasteiger partial charge in [-0.25, -0.2) is 4.79 Å². The Bertz CT molecular complexity index is 1010.